The number of carbonyl (C=O) groups is 1. The summed E-state index contributed by atoms with van der Waals surface area (Å²) >= 11 is 1.56. The standard InChI is InChI=1S/C23H31N3O4S2/c1-17-22(21(30-25-17)13-12-20-11-7-15-31-20)32(28,29)26-14-6-8-18(16-26)23(27)24-19-9-4-2-3-5-10-19/h7,11-13,15,18-19H,2-6,8-10,14,16H2,1H3,(H,24,27)/b13-12+/t18-/m1/s1. The van der Waals surface area contributed by atoms with Gasteiger partial charge >= 0.3 is 0 Å². The van der Waals surface area contributed by atoms with Gasteiger partial charge < -0.3 is 9.84 Å². The molecule has 2 fully saturated rings. The smallest absolute Gasteiger partial charge is 0.248 e. The lowest BCUT2D eigenvalue weighted by molar-refractivity contribution is -0.126. The van der Waals surface area contributed by atoms with E-state index in [-0.39, 0.29) is 35.1 Å². The first-order valence-corrected chi connectivity index (χ1v) is 13.8. The molecule has 2 aromatic heterocycles. The predicted molar refractivity (Wildman–Crippen MR) is 126 cm³/mol. The number of hydrogen-bond donors (Lipinski definition) is 1. The molecule has 0 unspecified atom stereocenters. The number of aryl methyl sites for hydroxylation is 1. The summed E-state index contributed by atoms with van der Waals surface area (Å²) in [5.41, 5.74) is 0.334. The minimum atomic E-state index is -3.83. The van der Waals surface area contributed by atoms with Crippen LogP contribution in [0.1, 0.15) is 67.7 Å². The fourth-order valence-electron chi connectivity index (χ4n) is 4.59. The highest BCUT2D eigenvalue weighted by Gasteiger charge is 2.37. The maximum Gasteiger partial charge on any atom is 0.248 e. The molecule has 0 radical (unpaired) electrons. The maximum atomic E-state index is 13.5. The largest absolute Gasteiger partial charge is 0.355 e. The van der Waals surface area contributed by atoms with Gasteiger partial charge in [-0.05, 0) is 56.2 Å². The molecule has 1 atom stereocenters. The molecule has 32 heavy (non-hydrogen) atoms. The van der Waals surface area contributed by atoms with Crippen molar-refractivity contribution in [3.63, 3.8) is 0 Å². The zero-order valence-electron chi connectivity index (χ0n) is 18.5. The van der Waals surface area contributed by atoms with Crippen molar-refractivity contribution < 1.29 is 17.7 Å². The first kappa shape index (κ1) is 23.2. The Labute approximate surface area is 193 Å². The van der Waals surface area contributed by atoms with Gasteiger partial charge in [0.2, 0.25) is 15.9 Å². The van der Waals surface area contributed by atoms with Gasteiger partial charge in [0.25, 0.3) is 0 Å². The van der Waals surface area contributed by atoms with E-state index in [0.717, 1.165) is 30.6 Å². The third-order valence-corrected chi connectivity index (χ3v) is 9.19. The van der Waals surface area contributed by atoms with E-state index in [0.29, 0.717) is 25.1 Å². The quantitative estimate of drug-likeness (QED) is 0.621. The Morgan fingerprint density at radius 1 is 1.19 bits per heavy atom. The Kier molecular flexibility index (Phi) is 7.48. The van der Waals surface area contributed by atoms with E-state index < -0.39 is 10.0 Å². The van der Waals surface area contributed by atoms with Gasteiger partial charge in [-0.25, -0.2) is 8.42 Å². The van der Waals surface area contributed by atoms with E-state index in [1.807, 2.05) is 23.6 Å². The monoisotopic (exact) mass is 477 g/mol. The van der Waals surface area contributed by atoms with Gasteiger partial charge in [0.05, 0.1) is 5.92 Å². The SMILES string of the molecule is Cc1noc(/C=C/c2cccs2)c1S(=O)(=O)N1CCC[C@@H](C(=O)NC2CCCCCC2)C1. The predicted octanol–water partition coefficient (Wildman–Crippen LogP) is 4.45. The van der Waals surface area contributed by atoms with Crippen LogP contribution in [0.3, 0.4) is 0 Å². The number of carbonyl (C=O) groups excluding carboxylic acids is 1. The lowest BCUT2D eigenvalue weighted by atomic mass is 9.97. The molecular formula is C23H31N3O4S2. The second-order valence-corrected chi connectivity index (χ2v) is 11.6. The van der Waals surface area contributed by atoms with Crippen molar-refractivity contribution in [3.05, 3.63) is 33.8 Å². The molecule has 4 rings (SSSR count). The first-order chi connectivity index (χ1) is 15.4. The van der Waals surface area contributed by atoms with Crippen molar-refractivity contribution in [2.75, 3.05) is 13.1 Å². The Morgan fingerprint density at radius 2 is 1.97 bits per heavy atom. The molecule has 174 valence electrons. The second-order valence-electron chi connectivity index (χ2n) is 8.71. The van der Waals surface area contributed by atoms with E-state index in [1.54, 1.807) is 24.3 Å². The van der Waals surface area contributed by atoms with Crippen LogP contribution in [0, 0.1) is 12.8 Å². The molecule has 1 saturated carbocycles. The van der Waals surface area contributed by atoms with Gasteiger partial charge in [0, 0.05) is 24.0 Å². The summed E-state index contributed by atoms with van der Waals surface area (Å²) in [7, 11) is -3.83. The molecule has 3 heterocycles. The molecular weight excluding hydrogens is 446 g/mol. The molecule has 7 nitrogen and oxygen atoms in total. The first-order valence-electron chi connectivity index (χ1n) is 11.4. The molecule has 9 heteroatoms. The van der Waals surface area contributed by atoms with Crippen molar-refractivity contribution in [2.45, 2.75) is 69.2 Å². The molecule has 0 spiro atoms. The van der Waals surface area contributed by atoms with Crippen molar-refractivity contribution >= 4 is 39.4 Å². The summed E-state index contributed by atoms with van der Waals surface area (Å²) in [5, 5.41) is 9.06. The van der Waals surface area contributed by atoms with E-state index in [1.165, 1.54) is 17.1 Å². The van der Waals surface area contributed by atoms with E-state index in [4.69, 9.17) is 4.52 Å². The highest BCUT2D eigenvalue weighted by Crippen LogP contribution is 2.30. The highest BCUT2D eigenvalue weighted by atomic mass is 32.2. The molecule has 2 aliphatic rings. The zero-order valence-corrected chi connectivity index (χ0v) is 20.1. The van der Waals surface area contributed by atoms with Gasteiger partial charge in [-0.1, -0.05) is 36.9 Å². The number of hydrogen-bond acceptors (Lipinski definition) is 6. The van der Waals surface area contributed by atoms with Crippen LogP contribution in [0.4, 0.5) is 0 Å². The van der Waals surface area contributed by atoms with Crippen LogP contribution in [-0.4, -0.2) is 42.9 Å². The zero-order chi connectivity index (χ0) is 22.6. The third-order valence-electron chi connectivity index (χ3n) is 6.33. The van der Waals surface area contributed by atoms with Crippen molar-refractivity contribution in [1.82, 2.24) is 14.8 Å². The van der Waals surface area contributed by atoms with Crippen molar-refractivity contribution in [1.29, 1.82) is 0 Å². The summed E-state index contributed by atoms with van der Waals surface area (Å²) in [6.07, 6.45) is 11.6. The fourth-order valence-corrected chi connectivity index (χ4v) is 6.98. The second kappa shape index (κ2) is 10.3. The minimum Gasteiger partial charge on any atom is -0.355 e. The highest BCUT2D eigenvalue weighted by molar-refractivity contribution is 7.89. The molecule has 0 aromatic carbocycles. The van der Waals surface area contributed by atoms with E-state index in [2.05, 4.69) is 10.5 Å². The number of aromatic nitrogens is 1. The topological polar surface area (TPSA) is 92.5 Å². The maximum absolute atomic E-state index is 13.5. The van der Waals surface area contributed by atoms with Crippen LogP contribution >= 0.6 is 11.3 Å². The fraction of sp³-hybridized carbons (Fsp3) is 0.565. The summed E-state index contributed by atoms with van der Waals surface area (Å²) in [6.45, 7) is 2.23. The van der Waals surface area contributed by atoms with Gasteiger partial charge in [-0.2, -0.15) is 4.31 Å². The summed E-state index contributed by atoms with van der Waals surface area (Å²) < 4.78 is 33.8. The van der Waals surface area contributed by atoms with E-state index in [9.17, 15) is 13.2 Å². The van der Waals surface area contributed by atoms with Crippen LogP contribution < -0.4 is 5.32 Å². The summed E-state index contributed by atoms with van der Waals surface area (Å²) in [5.74, 6) is -0.121. The average molecular weight is 478 g/mol. The molecule has 1 aliphatic heterocycles. The van der Waals surface area contributed by atoms with Crippen LogP contribution in [-0.2, 0) is 14.8 Å². The van der Waals surface area contributed by atoms with Crippen LogP contribution in [0.2, 0.25) is 0 Å². The molecule has 1 aliphatic carbocycles. The Balaban J connectivity index is 1.48. The molecule has 1 N–H and O–H groups in total. The van der Waals surface area contributed by atoms with Crippen molar-refractivity contribution in [2.24, 2.45) is 5.92 Å². The van der Waals surface area contributed by atoms with Crippen LogP contribution in [0.5, 0.6) is 0 Å². The molecule has 1 amide bonds. The molecule has 1 saturated heterocycles. The Hall–Kier alpha value is -1.97. The van der Waals surface area contributed by atoms with Gasteiger partial charge in [0.1, 0.15) is 5.69 Å². The number of nitrogens with one attached hydrogen (secondary N) is 1. The molecule has 2 aromatic rings. The van der Waals surface area contributed by atoms with Gasteiger partial charge in [-0.15, -0.1) is 11.3 Å². The minimum absolute atomic E-state index is 0.0170. The summed E-state index contributed by atoms with van der Waals surface area (Å²) in [4.78, 5) is 14.0. The number of piperidine rings is 1. The average Bonchev–Trinajstić information content (AvgIpc) is 3.36. The third kappa shape index (κ3) is 5.32. The number of sulfonamides is 1. The van der Waals surface area contributed by atoms with Crippen molar-refractivity contribution in [3.8, 4) is 0 Å². The van der Waals surface area contributed by atoms with E-state index >= 15 is 0 Å². The Morgan fingerprint density at radius 3 is 2.69 bits per heavy atom. The number of nitrogens with zero attached hydrogens (tertiary/aromatic N) is 2. The number of amides is 1. The van der Waals surface area contributed by atoms with Crippen LogP contribution in [0.25, 0.3) is 12.2 Å². The summed E-state index contributed by atoms with van der Waals surface area (Å²) in [6, 6.07) is 4.09. The lowest BCUT2D eigenvalue weighted by Gasteiger charge is -2.32. The van der Waals surface area contributed by atoms with Crippen LogP contribution in [0.15, 0.2) is 26.9 Å². The Bertz CT molecular complexity index is 1040. The number of rotatable bonds is 6. The normalized spacial score (nSPS) is 21.6. The number of thiophene rings is 1. The lowest BCUT2D eigenvalue weighted by Crippen LogP contribution is -2.47. The molecule has 0 bridgehead atoms. The van der Waals surface area contributed by atoms with Gasteiger partial charge in [-0.3, -0.25) is 4.79 Å². The van der Waals surface area contributed by atoms with Gasteiger partial charge in [0.15, 0.2) is 10.7 Å².